The Balaban J connectivity index is 2.32. The van der Waals surface area contributed by atoms with Crippen LogP contribution in [0.5, 0.6) is 5.75 Å². The molecule has 0 aliphatic rings. The second kappa shape index (κ2) is 8.19. The SMILES string of the molecule is CCS(=O)(=O)Nc1ccc(NC(=O)c2cc(S(C)(=O)=O)ccc2C)cc1OC. The van der Waals surface area contributed by atoms with E-state index in [0.717, 1.165) is 6.26 Å². The fraction of sp³-hybridized carbons (Fsp3) is 0.278. The van der Waals surface area contributed by atoms with Crippen LogP contribution in [-0.2, 0) is 19.9 Å². The molecule has 0 aromatic heterocycles. The molecule has 0 spiro atoms. The number of sulfonamides is 1. The lowest BCUT2D eigenvalue weighted by Gasteiger charge is -2.14. The topological polar surface area (TPSA) is 119 Å². The molecular formula is C18H22N2O6S2. The number of anilines is 2. The maximum absolute atomic E-state index is 12.6. The van der Waals surface area contributed by atoms with E-state index < -0.39 is 25.8 Å². The molecule has 1 amide bonds. The first-order chi connectivity index (χ1) is 13.0. The van der Waals surface area contributed by atoms with Crippen LogP contribution in [0, 0.1) is 6.92 Å². The van der Waals surface area contributed by atoms with Crippen LogP contribution in [0.25, 0.3) is 0 Å². The van der Waals surface area contributed by atoms with Crippen LogP contribution in [0.3, 0.4) is 0 Å². The van der Waals surface area contributed by atoms with Gasteiger partial charge in [-0.15, -0.1) is 0 Å². The van der Waals surface area contributed by atoms with Gasteiger partial charge in [0.1, 0.15) is 5.75 Å². The molecule has 0 heterocycles. The standard InChI is InChI=1S/C18H22N2O6S2/c1-5-28(24,25)20-16-9-7-13(10-17(16)26-3)19-18(21)15-11-14(27(4,22)23)8-6-12(15)2/h6-11,20H,5H2,1-4H3,(H,19,21). The van der Waals surface area contributed by atoms with Crippen molar-refractivity contribution in [2.45, 2.75) is 18.7 Å². The zero-order valence-corrected chi connectivity index (χ0v) is 17.6. The van der Waals surface area contributed by atoms with E-state index in [1.165, 1.54) is 44.4 Å². The molecule has 2 rings (SSSR count). The number of carbonyl (C=O) groups is 1. The van der Waals surface area contributed by atoms with Crippen molar-refractivity contribution in [1.82, 2.24) is 0 Å². The second-order valence-corrected chi connectivity index (χ2v) is 10.2. The first-order valence-electron chi connectivity index (χ1n) is 8.27. The van der Waals surface area contributed by atoms with Gasteiger partial charge in [-0.1, -0.05) is 6.07 Å². The van der Waals surface area contributed by atoms with Crippen LogP contribution in [0.2, 0.25) is 0 Å². The summed E-state index contributed by atoms with van der Waals surface area (Å²) < 4.78 is 54.6. The summed E-state index contributed by atoms with van der Waals surface area (Å²) in [7, 11) is -5.55. The van der Waals surface area contributed by atoms with E-state index in [1.807, 2.05) is 0 Å². The Morgan fingerprint density at radius 1 is 1.07 bits per heavy atom. The Bertz CT molecular complexity index is 1110. The van der Waals surface area contributed by atoms with Gasteiger partial charge in [0.25, 0.3) is 5.91 Å². The first-order valence-corrected chi connectivity index (χ1v) is 11.8. The maximum Gasteiger partial charge on any atom is 0.255 e. The lowest BCUT2D eigenvalue weighted by atomic mass is 10.1. The Labute approximate surface area is 164 Å². The number of carbonyl (C=O) groups excluding carboxylic acids is 1. The molecule has 0 bridgehead atoms. The number of hydrogen-bond acceptors (Lipinski definition) is 6. The third kappa shape index (κ3) is 5.23. The summed E-state index contributed by atoms with van der Waals surface area (Å²) in [5.74, 6) is -0.353. The van der Waals surface area contributed by atoms with Gasteiger partial charge in [-0.2, -0.15) is 0 Å². The van der Waals surface area contributed by atoms with Crippen LogP contribution in [-0.4, -0.2) is 41.9 Å². The van der Waals surface area contributed by atoms with E-state index in [0.29, 0.717) is 11.3 Å². The Morgan fingerprint density at radius 2 is 1.75 bits per heavy atom. The summed E-state index contributed by atoms with van der Waals surface area (Å²) in [5, 5.41) is 2.67. The van der Waals surface area contributed by atoms with E-state index in [9.17, 15) is 21.6 Å². The largest absolute Gasteiger partial charge is 0.494 e. The van der Waals surface area contributed by atoms with Crippen molar-refractivity contribution < 1.29 is 26.4 Å². The molecule has 0 saturated heterocycles. The van der Waals surface area contributed by atoms with Gasteiger partial charge in [-0.3, -0.25) is 9.52 Å². The number of amides is 1. The van der Waals surface area contributed by atoms with E-state index >= 15 is 0 Å². The highest BCUT2D eigenvalue weighted by atomic mass is 32.2. The quantitative estimate of drug-likeness (QED) is 0.702. The van der Waals surface area contributed by atoms with Crippen molar-refractivity contribution in [1.29, 1.82) is 0 Å². The zero-order chi connectivity index (χ0) is 21.1. The summed E-state index contributed by atoms with van der Waals surface area (Å²) in [6.07, 6.45) is 1.07. The average Bonchev–Trinajstić information content (AvgIpc) is 2.62. The fourth-order valence-electron chi connectivity index (χ4n) is 2.37. The molecule has 10 heteroatoms. The molecule has 2 aromatic carbocycles. The fourth-order valence-corrected chi connectivity index (χ4v) is 3.66. The lowest BCUT2D eigenvalue weighted by molar-refractivity contribution is 0.102. The predicted molar refractivity (Wildman–Crippen MR) is 108 cm³/mol. The highest BCUT2D eigenvalue weighted by Crippen LogP contribution is 2.29. The van der Waals surface area contributed by atoms with Crippen molar-refractivity contribution in [3.63, 3.8) is 0 Å². The molecule has 0 aliphatic heterocycles. The first kappa shape index (κ1) is 21.7. The van der Waals surface area contributed by atoms with E-state index in [2.05, 4.69) is 10.0 Å². The van der Waals surface area contributed by atoms with Gasteiger partial charge in [0.15, 0.2) is 9.84 Å². The van der Waals surface area contributed by atoms with Gasteiger partial charge >= 0.3 is 0 Å². The number of nitrogens with one attached hydrogen (secondary N) is 2. The minimum atomic E-state index is -3.48. The molecule has 0 fully saturated rings. The van der Waals surface area contributed by atoms with Crippen molar-refractivity contribution in [3.8, 4) is 5.75 Å². The van der Waals surface area contributed by atoms with Gasteiger partial charge < -0.3 is 10.1 Å². The zero-order valence-electron chi connectivity index (χ0n) is 15.9. The smallest absolute Gasteiger partial charge is 0.255 e. The van der Waals surface area contributed by atoms with Crippen molar-refractivity contribution >= 4 is 37.1 Å². The van der Waals surface area contributed by atoms with E-state index in [1.54, 1.807) is 13.0 Å². The summed E-state index contributed by atoms with van der Waals surface area (Å²) in [6, 6.07) is 8.79. The van der Waals surface area contributed by atoms with Crippen LogP contribution in [0.1, 0.15) is 22.8 Å². The minimum absolute atomic E-state index is 0.0464. The van der Waals surface area contributed by atoms with Crippen LogP contribution < -0.4 is 14.8 Å². The minimum Gasteiger partial charge on any atom is -0.494 e. The number of hydrogen-bond donors (Lipinski definition) is 2. The third-order valence-electron chi connectivity index (χ3n) is 3.99. The van der Waals surface area contributed by atoms with Crippen molar-refractivity contribution in [2.75, 3.05) is 29.2 Å². The van der Waals surface area contributed by atoms with Crippen molar-refractivity contribution in [2.24, 2.45) is 0 Å². The molecule has 2 aromatic rings. The molecular weight excluding hydrogens is 404 g/mol. The molecule has 0 radical (unpaired) electrons. The summed E-state index contributed by atoms with van der Waals surface area (Å²) >= 11 is 0. The molecule has 0 atom stereocenters. The van der Waals surface area contributed by atoms with Crippen LogP contribution >= 0.6 is 0 Å². The Kier molecular flexibility index (Phi) is 6.35. The number of aryl methyl sites for hydroxylation is 1. The highest BCUT2D eigenvalue weighted by molar-refractivity contribution is 7.92. The van der Waals surface area contributed by atoms with Crippen LogP contribution in [0.4, 0.5) is 11.4 Å². The third-order valence-corrected chi connectivity index (χ3v) is 6.39. The molecule has 152 valence electrons. The predicted octanol–water partition coefficient (Wildman–Crippen LogP) is 2.42. The number of benzene rings is 2. The van der Waals surface area contributed by atoms with Gasteiger partial charge in [0.2, 0.25) is 10.0 Å². The maximum atomic E-state index is 12.6. The van der Waals surface area contributed by atoms with E-state index in [4.69, 9.17) is 4.74 Å². The summed E-state index contributed by atoms with van der Waals surface area (Å²) in [4.78, 5) is 12.7. The number of methoxy groups -OCH3 is 1. The molecule has 0 aliphatic carbocycles. The molecule has 28 heavy (non-hydrogen) atoms. The van der Waals surface area contributed by atoms with E-state index in [-0.39, 0.29) is 27.6 Å². The molecule has 0 saturated carbocycles. The number of rotatable bonds is 7. The lowest BCUT2D eigenvalue weighted by Crippen LogP contribution is -2.16. The van der Waals surface area contributed by atoms with Gasteiger partial charge in [-0.05, 0) is 43.7 Å². The molecule has 0 unspecified atom stereocenters. The monoisotopic (exact) mass is 426 g/mol. The average molecular weight is 427 g/mol. The number of sulfone groups is 1. The molecule has 8 nitrogen and oxygen atoms in total. The highest BCUT2D eigenvalue weighted by Gasteiger charge is 2.16. The van der Waals surface area contributed by atoms with Crippen molar-refractivity contribution in [3.05, 3.63) is 47.5 Å². The summed E-state index contributed by atoms with van der Waals surface area (Å²) in [5.41, 5.74) is 1.45. The Morgan fingerprint density at radius 3 is 2.32 bits per heavy atom. The second-order valence-electron chi connectivity index (χ2n) is 6.12. The van der Waals surface area contributed by atoms with Gasteiger partial charge in [0.05, 0.1) is 23.4 Å². The van der Waals surface area contributed by atoms with Crippen LogP contribution in [0.15, 0.2) is 41.3 Å². The number of ether oxygens (including phenoxy) is 1. The molecule has 2 N–H and O–H groups in total. The Hall–Kier alpha value is -2.59. The van der Waals surface area contributed by atoms with Gasteiger partial charge in [-0.25, -0.2) is 16.8 Å². The normalized spacial score (nSPS) is 11.7. The van der Waals surface area contributed by atoms with Gasteiger partial charge in [0, 0.05) is 23.6 Å². The summed E-state index contributed by atoms with van der Waals surface area (Å²) in [6.45, 7) is 3.21.